The average molecular weight is 639 g/mol. The number of benzene rings is 9. The molecule has 0 spiro atoms. The molecule has 0 aliphatic carbocycles. The smallest absolute Gasteiger partial charge is 0.00201 e. The van der Waals surface area contributed by atoms with Gasteiger partial charge in [0.2, 0.25) is 0 Å². The van der Waals surface area contributed by atoms with Crippen molar-refractivity contribution in [3.63, 3.8) is 0 Å². The van der Waals surface area contributed by atoms with Crippen molar-refractivity contribution in [1.82, 2.24) is 0 Å². The molecule has 50 heavy (non-hydrogen) atoms. The number of rotatable bonds is 4. The molecule has 0 nitrogen and oxygen atoms in total. The van der Waals surface area contributed by atoms with Gasteiger partial charge in [0.25, 0.3) is 0 Å². The van der Waals surface area contributed by atoms with Crippen LogP contribution in [0.25, 0.3) is 87.6 Å². The van der Waals surface area contributed by atoms with E-state index in [-0.39, 0.29) is 5.41 Å². The van der Waals surface area contributed by atoms with Crippen LogP contribution in [0.3, 0.4) is 0 Å². The Bertz CT molecular complexity index is 2660. The summed E-state index contributed by atoms with van der Waals surface area (Å²) >= 11 is 0. The predicted octanol–water partition coefficient (Wildman–Crippen LogP) is 14.3. The average Bonchev–Trinajstić information content (AvgIpc) is 3.16. The highest BCUT2D eigenvalue weighted by atomic mass is 14.2. The lowest BCUT2D eigenvalue weighted by molar-refractivity contribution is 0.590. The Morgan fingerprint density at radius 3 is 1.44 bits per heavy atom. The molecular weight excluding hydrogens is 601 g/mol. The fourth-order valence-electron chi connectivity index (χ4n) is 7.87. The van der Waals surface area contributed by atoms with Crippen LogP contribution in [-0.2, 0) is 5.41 Å². The Morgan fingerprint density at radius 2 is 0.800 bits per heavy atom. The van der Waals surface area contributed by atoms with Crippen molar-refractivity contribution < 1.29 is 0 Å². The molecule has 0 aromatic heterocycles. The summed E-state index contributed by atoms with van der Waals surface area (Å²) in [5.74, 6) is 0. The van der Waals surface area contributed by atoms with Crippen LogP contribution < -0.4 is 0 Å². The molecule has 0 bridgehead atoms. The summed E-state index contributed by atoms with van der Waals surface area (Å²) in [6.45, 7) is 6.80. The van der Waals surface area contributed by atoms with E-state index >= 15 is 0 Å². The molecule has 9 aromatic rings. The van der Waals surface area contributed by atoms with Gasteiger partial charge in [-0.25, -0.2) is 0 Å². The molecule has 0 aliphatic heterocycles. The zero-order valence-corrected chi connectivity index (χ0v) is 28.7. The van der Waals surface area contributed by atoms with E-state index < -0.39 is 0 Å². The lowest BCUT2D eigenvalue weighted by Crippen LogP contribution is -2.10. The Kier molecular flexibility index (Phi) is 7.14. The molecule has 0 heterocycles. The first kappa shape index (κ1) is 30.1. The van der Waals surface area contributed by atoms with Gasteiger partial charge in [-0.2, -0.15) is 0 Å². The van der Waals surface area contributed by atoms with Crippen molar-refractivity contribution in [2.24, 2.45) is 0 Å². The maximum Gasteiger partial charge on any atom is -0.00201 e. The molecule has 0 saturated carbocycles. The minimum Gasteiger partial charge on any atom is -0.0616 e. The van der Waals surface area contributed by atoms with Gasteiger partial charge >= 0.3 is 0 Å². The van der Waals surface area contributed by atoms with Crippen LogP contribution in [0.5, 0.6) is 0 Å². The van der Waals surface area contributed by atoms with E-state index in [0.717, 1.165) is 0 Å². The highest BCUT2D eigenvalue weighted by molar-refractivity contribution is 6.24. The normalized spacial score (nSPS) is 11.9. The molecule has 0 radical (unpaired) electrons. The molecule has 0 N–H and O–H groups in total. The maximum atomic E-state index is 2.35. The second-order valence-corrected chi connectivity index (χ2v) is 14.5. The zero-order chi connectivity index (χ0) is 33.8. The summed E-state index contributed by atoms with van der Waals surface area (Å²) in [7, 11) is 0. The lowest BCUT2D eigenvalue weighted by atomic mass is 9.83. The van der Waals surface area contributed by atoms with Gasteiger partial charge in [0.05, 0.1) is 0 Å². The Hall–Kier alpha value is -5.98. The fourth-order valence-corrected chi connectivity index (χ4v) is 7.87. The second-order valence-electron chi connectivity index (χ2n) is 14.5. The first-order chi connectivity index (χ1) is 24.4. The first-order valence-corrected chi connectivity index (χ1v) is 17.6. The molecule has 0 atom stereocenters. The summed E-state index contributed by atoms with van der Waals surface area (Å²) in [4.78, 5) is 0. The van der Waals surface area contributed by atoms with E-state index in [9.17, 15) is 0 Å². The summed E-state index contributed by atoms with van der Waals surface area (Å²) in [6, 6.07) is 65.1. The molecular formula is C50H38. The van der Waals surface area contributed by atoms with Crippen molar-refractivity contribution in [2.75, 3.05) is 0 Å². The van der Waals surface area contributed by atoms with Gasteiger partial charge in [-0.05, 0) is 111 Å². The molecule has 0 fully saturated rings. The van der Waals surface area contributed by atoms with E-state index in [0.29, 0.717) is 0 Å². The third-order valence-electron chi connectivity index (χ3n) is 10.4. The third kappa shape index (κ3) is 5.08. The summed E-state index contributed by atoms with van der Waals surface area (Å²) in [6.07, 6.45) is 0. The van der Waals surface area contributed by atoms with Gasteiger partial charge in [0, 0.05) is 0 Å². The van der Waals surface area contributed by atoms with E-state index in [2.05, 4.69) is 197 Å². The Labute approximate surface area is 294 Å². The molecule has 0 unspecified atom stereocenters. The first-order valence-electron chi connectivity index (χ1n) is 17.6. The summed E-state index contributed by atoms with van der Waals surface area (Å²) < 4.78 is 0. The lowest BCUT2D eigenvalue weighted by Gasteiger charge is -2.20. The molecule has 0 amide bonds. The van der Waals surface area contributed by atoms with Crippen LogP contribution in [0.4, 0.5) is 0 Å². The summed E-state index contributed by atoms with van der Waals surface area (Å²) in [5, 5.41) is 10.1. The van der Waals surface area contributed by atoms with Crippen molar-refractivity contribution in [2.45, 2.75) is 26.2 Å². The van der Waals surface area contributed by atoms with Gasteiger partial charge in [-0.3, -0.25) is 0 Å². The highest BCUT2D eigenvalue weighted by Gasteiger charge is 2.19. The number of hydrogen-bond acceptors (Lipinski definition) is 0. The Balaban J connectivity index is 1.24. The SMILES string of the molecule is CC(C)(C)c1ccc(-c2cccc(-c3ccc(-c4c5ccccc5c(-c5ccc6ccccc6c5)c5ccccc45)c4ccccc34)c2)cc1. The monoisotopic (exact) mass is 638 g/mol. The van der Waals surface area contributed by atoms with Gasteiger partial charge in [-0.15, -0.1) is 0 Å². The fraction of sp³-hybridized carbons (Fsp3) is 0.0800. The van der Waals surface area contributed by atoms with E-state index in [1.165, 1.54) is 93.2 Å². The minimum absolute atomic E-state index is 0.133. The van der Waals surface area contributed by atoms with Gasteiger partial charge in [-0.1, -0.05) is 185 Å². The second kappa shape index (κ2) is 11.9. The number of hydrogen-bond donors (Lipinski definition) is 0. The number of fused-ring (bicyclic) bond motifs is 4. The van der Waals surface area contributed by atoms with Gasteiger partial charge in [0.15, 0.2) is 0 Å². The maximum absolute atomic E-state index is 2.35. The van der Waals surface area contributed by atoms with Crippen LogP contribution >= 0.6 is 0 Å². The zero-order valence-electron chi connectivity index (χ0n) is 28.7. The summed E-state index contributed by atoms with van der Waals surface area (Å²) in [5.41, 5.74) is 11.5. The quantitative estimate of drug-likeness (QED) is 0.168. The van der Waals surface area contributed by atoms with Crippen LogP contribution in [0, 0.1) is 0 Å². The molecule has 9 rings (SSSR count). The topological polar surface area (TPSA) is 0 Å². The van der Waals surface area contributed by atoms with Crippen molar-refractivity contribution in [1.29, 1.82) is 0 Å². The molecule has 238 valence electrons. The van der Waals surface area contributed by atoms with Crippen molar-refractivity contribution >= 4 is 43.1 Å². The van der Waals surface area contributed by atoms with Gasteiger partial charge in [0.1, 0.15) is 0 Å². The molecule has 9 aromatic carbocycles. The highest BCUT2D eigenvalue weighted by Crippen LogP contribution is 2.47. The molecule has 0 heteroatoms. The third-order valence-corrected chi connectivity index (χ3v) is 10.4. The van der Waals surface area contributed by atoms with E-state index in [1.807, 2.05) is 0 Å². The van der Waals surface area contributed by atoms with Crippen LogP contribution in [0.2, 0.25) is 0 Å². The Morgan fingerprint density at radius 1 is 0.300 bits per heavy atom. The predicted molar refractivity (Wildman–Crippen MR) is 217 cm³/mol. The molecule has 0 aliphatic rings. The van der Waals surface area contributed by atoms with E-state index in [4.69, 9.17) is 0 Å². The molecule has 0 saturated heterocycles. The van der Waals surface area contributed by atoms with Crippen molar-refractivity contribution in [3.05, 3.63) is 181 Å². The van der Waals surface area contributed by atoms with Crippen LogP contribution in [0.15, 0.2) is 176 Å². The van der Waals surface area contributed by atoms with Crippen molar-refractivity contribution in [3.8, 4) is 44.5 Å². The largest absolute Gasteiger partial charge is 0.0616 e. The standard InChI is InChI=1S/C50H38/c1-50(2,3)39-27-25-34(26-28-39)36-15-12-16-37(31-36)40-29-30-47(42-18-7-6-17-41(40)42)49-45-21-10-8-19-43(45)48(44-20-9-11-22-46(44)49)38-24-23-33-13-4-5-14-35(33)32-38/h4-32H,1-3H3. The van der Waals surface area contributed by atoms with E-state index in [1.54, 1.807) is 0 Å². The van der Waals surface area contributed by atoms with Gasteiger partial charge < -0.3 is 0 Å². The van der Waals surface area contributed by atoms with Crippen LogP contribution in [0.1, 0.15) is 26.3 Å². The van der Waals surface area contributed by atoms with Crippen LogP contribution in [-0.4, -0.2) is 0 Å². The minimum atomic E-state index is 0.133.